The van der Waals surface area contributed by atoms with Crippen LogP contribution >= 0.6 is 0 Å². The lowest BCUT2D eigenvalue weighted by molar-refractivity contribution is -0.123. The molecule has 0 saturated heterocycles. The van der Waals surface area contributed by atoms with E-state index in [1.165, 1.54) is 6.92 Å². The molecule has 1 heterocycles. The first-order valence-corrected chi connectivity index (χ1v) is 7.05. The summed E-state index contributed by atoms with van der Waals surface area (Å²) in [6.07, 6.45) is -0.376. The largest absolute Gasteiger partial charge is 0.449 e. The van der Waals surface area contributed by atoms with Gasteiger partial charge in [-0.15, -0.1) is 0 Å². The highest BCUT2D eigenvalue weighted by molar-refractivity contribution is 5.98. The summed E-state index contributed by atoms with van der Waals surface area (Å²) in [5, 5.41) is 6.48. The number of carbonyl (C=O) groups is 2. The molecule has 0 radical (unpaired) electrons. The lowest BCUT2D eigenvalue weighted by Gasteiger charge is -2.13. The number of aromatic nitrogens is 1. The van der Waals surface area contributed by atoms with Crippen molar-refractivity contribution >= 4 is 17.6 Å². The van der Waals surface area contributed by atoms with Crippen LogP contribution in [0.1, 0.15) is 35.7 Å². The maximum atomic E-state index is 12.2. The Bertz CT molecular complexity index is 664. The molecule has 116 valence electrons. The van der Waals surface area contributed by atoms with Crippen molar-refractivity contribution in [2.24, 2.45) is 0 Å². The molecule has 1 aromatic carbocycles. The maximum Gasteiger partial charge on any atom is 0.344 e. The summed E-state index contributed by atoms with van der Waals surface area (Å²) in [4.78, 5) is 24.2. The number of rotatable bonds is 5. The number of para-hydroxylation sites is 1. The molecule has 2 rings (SSSR count). The molecule has 6 nitrogen and oxygen atoms in total. The number of ether oxygens (including phenoxy) is 1. The van der Waals surface area contributed by atoms with Crippen LogP contribution in [0.2, 0.25) is 0 Å². The molecule has 2 aromatic rings. The Morgan fingerprint density at radius 3 is 2.64 bits per heavy atom. The fourth-order valence-corrected chi connectivity index (χ4v) is 1.96. The molecule has 0 aliphatic rings. The van der Waals surface area contributed by atoms with Crippen LogP contribution in [0.4, 0.5) is 5.69 Å². The van der Waals surface area contributed by atoms with Crippen LogP contribution in [0.15, 0.2) is 34.9 Å². The summed E-state index contributed by atoms with van der Waals surface area (Å²) in [7, 11) is 0. The molecule has 0 fully saturated rings. The molecular weight excluding hydrogens is 284 g/mol. The van der Waals surface area contributed by atoms with E-state index in [4.69, 9.17) is 9.26 Å². The minimum Gasteiger partial charge on any atom is -0.449 e. The van der Waals surface area contributed by atoms with Crippen LogP contribution in [0, 0.1) is 6.92 Å². The highest BCUT2D eigenvalue weighted by Crippen LogP contribution is 2.16. The number of esters is 1. The molecule has 0 aliphatic heterocycles. The summed E-state index contributed by atoms with van der Waals surface area (Å²) in [5.41, 5.74) is 1.46. The van der Waals surface area contributed by atoms with Crippen LogP contribution < -0.4 is 5.32 Å². The Balaban J connectivity index is 2.02. The van der Waals surface area contributed by atoms with Crippen molar-refractivity contribution in [2.75, 3.05) is 5.32 Å². The molecule has 0 aliphatic carbocycles. The van der Waals surface area contributed by atoms with Crippen LogP contribution in [0.5, 0.6) is 0 Å². The number of anilines is 1. The average molecular weight is 302 g/mol. The molecule has 6 heteroatoms. The van der Waals surface area contributed by atoms with Crippen LogP contribution in [0.3, 0.4) is 0 Å². The number of carbonyl (C=O) groups excluding carboxylic acids is 2. The molecule has 22 heavy (non-hydrogen) atoms. The van der Waals surface area contributed by atoms with Crippen molar-refractivity contribution in [1.29, 1.82) is 0 Å². The van der Waals surface area contributed by atoms with E-state index >= 15 is 0 Å². The third kappa shape index (κ3) is 3.52. The van der Waals surface area contributed by atoms with E-state index in [9.17, 15) is 9.59 Å². The summed E-state index contributed by atoms with van der Waals surface area (Å²) in [6.45, 7) is 5.02. The van der Waals surface area contributed by atoms with Gasteiger partial charge >= 0.3 is 5.97 Å². The standard InChI is InChI=1S/C16H18N2O4/c1-4-13-14(10(2)22-18-13)16(20)21-11(3)15(19)17-12-8-6-5-7-9-12/h5-9,11H,4H2,1-3H3,(H,17,19)/t11-/m1/s1. The van der Waals surface area contributed by atoms with Crippen molar-refractivity contribution < 1.29 is 18.8 Å². The number of nitrogens with zero attached hydrogens (tertiary/aromatic N) is 1. The first-order chi connectivity index (χ1) is 10.5. The molecule has 0 unspecified atom stereocenters. The predicted molar refractivity (Wildman–Crippen MR) is 80.6 cm³/mol. The molecular formula is C16H18N2O4. The molecule has 1 amide bonds. The Morgan fingerprint density at radius 2 is 2.00 bits per heavy atom. The monoisotopic (exact) mass is 302 g/mol. The molecule has 0 bridgehead atoms. The van der Waals surface area contributed by atoms with Crippen LogP contribution in [-0.2, 0) is 16.0 Å². The number of benzene rings is 1. The molecule has 1 atom stereocenters. The van der Waals surface area contributed by atoms with Crippen molar-refractivity contribution in [1.82, 2.24) is 5.16 Å². The van der Waals surface area contributed by atoms with E-state index < -0.39 is 18.0 Å². The van der Waals surface area contributed by atoms with Gasteiger partial charge in [-0.3, -0.25) is 4.79 Å². The van der Waals surface area contributed by atoms with E-state index in [0.717, 1.165) is 0 Å². The maximum absolute atomic E-state index is 12.2. The summed E-state index contributed by atoms with van der Waals surface area (Å²) in [6, 6.07) is 8.97. The van der Waals surface area contributed by atoms with Gasteiger partial charge in [-0.2, -0.15) is 0 Å². The van der Waals surface area contributed by atoms with E-state index in [0.29, 0.717) is 29.1 Å². The normalized spacial score (nSPS) is 11.8. The van der Waals surface area contributed by atoms with Gasteiger partial charge in [0.25, 0.3) is 5.91 Å². The minimum absolute atomic E-state index is 0.293. The summed E-state index contributed by atoms with van der Waals surface area (Å²) >= 11 is 0. The number of hydrogen-bond donors (Lipinski definition) is 1. The van der Waals surface area contributed by atoms with Gasteiger partial charge in [0, 0.05) is 5.69 Å². The van der Waals surface area contributed by atoms with Gasteiger partial charge in [0.1, 0.15) is 11.3 Å². The second-order valence-corrected chi connectivity index (χ2v) is 4.82. The molecule has 1 N–H and O–H groups in total. The highest BCUT2D eigenvalue weighted by atomic mass is 16.5. The Hall–Kier alpha value is -2.63. The summed E-state index contributed by atoms with van der Waals surface area (Å²) in [5.74, 6) is -0.615. The molecule has 0 saturated carbocycles. The number of aryl methyl sites for hydroxylation is 2. The zero-order valence-electron chi connectivity index (χ0n) is 12.8. The third-order valence-corrected chi connectivity index (χ3v) is 3.17. The Kier molecular flexibility index (Phi) is 4.93. The average Bonchev–Trinajstić information content (AvgIpc) is 2.89. The lowest BCUT2D eigenvalue weighted by Crippen LogP contribution is -2.30. The number of hydrogen-bond acceptors (Lipinski definition) is 5. The van der Waals surface area contributed by atoms with Crippen molar-refractivity contribution in [3.63, 3.8) is 0 Å². The second-order valence-electron chi connectivity index (χ2n) is 4.82. The van der Waals surface area contributed by atoms with Crippen molar-refractivity contribution in [3.05, 3.63) is 47.3 Å². The van der Waals surface area contributed by atoms with Gasteiger partial charge in [-0.25, -0.2) is 4.79 Å². The lowest BCUT2D eigenvalue weighted by atomic mass is 10.1. The van der Waals surface area contributed by atoms with Gasteiger partial charge in [-0.05, 0) is 32.4 Å². The van der Waals surface area contributed by atoms with E-state index in [1.807, 2.05) is 13.0 Å². The van der Waals surface area contributed by atoms with Gasteiger partial charge in [0.05, 0.1) is 5.69 Å². The van der Waals surface area contributed by atoms with Crippen LogP contribution in [0.25, 0.3) is 0 Å². The zero-order chi connectivity index (χ0) is 16.1. The highest BCUT2D eigenvalue weighted by Gasteiger charge is 2.25. The van der Waals surface area contributed by atoms with E-state index in [1.54, 1.807) is 31.2 Å². The fourth-order valence-electron chi connectivity index (χ4n) is 1.96. The quantitative estimate of drug-likeness (QED) is 0.859. The topological polar surface area (TPSA) is 81.4 Å². The van der Waals surface area contributed by atoms with E-state index in [2.05, 4.69) is 10.5 Å². The third-order valence-electron chi connectivity index (χ3n) is 3.17. The number of amides is 1. The predicted octanol–water partition coefficient (Wildman–Crippen LogP) is 2.73. The van der Waals surface area contributed by atoms with Gasteiger partial charge in [-0.1, -0.05) is 30.3 Å². The van der Waals surface area contributed by atoms with Gasteiger partial charge in [0.2, 0.25) is 0 Å². The first-order valence-electron chi connectivity index (χ1n) is 7.05. The minimum atomic E-state index is -0.924. The van der Waals surface area contributed by atoms with Gasteiger partial charge < -0.3 is 14.6 Å². The summed E-state index contributed by atoms with van der Waals surface area (Å²) < 4.78 is 10.2. The molecule has 1 aromatic heterocycles. The zero-order valence-corrected chi connectivity index (χ0v) is 12.8. The fraction of sp³-hybridized carbons (Fsp3) is 0.312. The second kappa shape index (κ2) is 6.89. The van der Waals surface area contributed by atoms with Crippen LogP contribution in [-0.4, -0.2) is 23.1 Å². The Morgan fingerprint density at radius 1 is 1.32 bits per heavy atom. The smallest absolute Gasteiger partial charge is 0.344 e. The van der Waals surface area contributed by atoms with E-state index in [-0.39, 0.29) is 0 Å². The molecule has 0 spiro atoms. The van der Waals surface area contributed by atoms with Crippen molar-refractivity contribution in [2.45, 2.75) is 33.3 Å². The van der Waals surface area contributed by atoms with Crippen molar-refractivity contribution in [3.8, 4) is 0 Å². The SMILES string of the molecule is CCc1noc(C)c1C(=O)O[C@H](C)C(=O)Nc1ccccc1. The Labute approximate surface area is 128 Å². The number of nitrogens with one attached hydrogen (secondary N) is 1. The van der Waals surface area contributed by atoms with Gasteiger partial charge in [0.15, 0.2) is 6.10 Å². The first kappa shape index (κ1) is 15.8.